The minimum Gasteiger partial charge on any atom is -0.277 e. The molecule has 0 atom stereocenters. The van der Waals surface area contributed by atoms with Gasteiger partial charge in [-0.2, -0.15) is 0 Å². The average Bonchev–Trinajstić information content (AvgIpc) is 2.30. The second-order valence-electron chi connectivity index (χ2n) is 3.59. The number of hydrogen-bond donors (Lipinski definition) is 3. The van der Waals surface area contributed by atoms with Crippen molar-refractivity contribution in [2.24, 2.45) is 0 Å². The third-order valence-corrected chi connectivity index (χ3v) is 2.07. The van der Waals surface area contributed by atoms with Gasteiger partial charge in [-0.1, -0.05) is 37.3 Å². The van der Waals surface area contributed by atoms with Crippen molar-refractivity contribution in [2.45, 2.75) is 26.3 Å². The first kappa shape index (κ1) is 13.2. The Balaban J connectivity index is 2.18. The van der Waals surface area contributed by atoms with Crippen molar-refractivity contribution >= 4 is 11.9 Å². The zero-order valence-electron chi connectivity index (χ0n) is 9.82. The zero-order chi connectivity index (χ0) is 12.5. The highest BCUT2D eigenvalue weighted by Gasteiger charge is 2.04. The number of amides is 3. The topological polar surface area (TPSA) is 70.2 Å². The molecule has 0 unspecified atom stereocenters. The predicted molar refractivity (Wildman–Crippen MR) is 64.9 cm³/mol. The first-order valence-corrected chi connectivity index (χ1v) is 5.59. The van der Waals surface area contributed by atoms with E-state index in [0.29, 0.717) is 13.0 Å². The van der Waals surface area contributed by atoms with E-state index in [1.807, 2.05) is 37.3 Å². The summed E-state index contributed by atoms with van der Waals surface area (Å²) < 4.78 is 0. The number of nitrogens with one attached hydrogen (secondary N) is 3. The van der Waals surface area contributed by atoms with Crippen molar-refractivity contribution in [2.75, 3.05) is 0 Å². The summed E-state index contributed by atoms with van der Waals surface area (Å²) >= 11 is 0. The molecule has 0 saturated heterocycles. The van der Waals surface area contributed by atoms with Crippen LogP contribution in [0.5, 0.6) is 0 Å². The summed E-state index contributed by atoms with van der Waals surface area (Å²) in [7, 11) is 0. The highest BCUT2D eigenvalue weighted by atomic mass is 16.2. The smallest absolute Gasteiger partial charge is 0.277 e. The van der Waals surface area contributed by atoms with Gasteiger partial charge in [0, 0.05) is 13.0 Å². The van der Waals surface area contributed by atoms with Crippen LogP contribution in [0.2, 0.25) is 0 Å². The third kappa shape index (κ3) is 5.67. The van der Waals surface area contributed by atoms with E-state index in [0.717, 1.165) is 12.0 Å². The molecule has 3 amide bonds. The Hall–Kier alpha value is -1.88. The van der Waals surface area contributed by atoms with Gasteiger partial charge in [0.15, 0.2) is 0 Å². The molecule has 3 N–H and O–H groups in total. The Labute approximate surface area is 101 Å². The normalized spacial score (nSPS) is 9.71. The molecule has 1 aromatic rings. The fourth-order valence-electron chi connectivity index (χ4n) is 1.27. The van der Waals surface area contributed by atoms with Gasteiger partial charge >= 0.3 is 6.03 Å². The maximum Gasteiger partial charge on any atom is 0.335 e. The Morgan fingerprint density at radius 3 is 2.53 bits per heavy atom. The molecule has 92 valence electrons. The molecule has 0 heterocycles. The lowest BCUT2D eigenvalue weighted by Gasteiger charge is -2.07. The minimum atomic E-state index is -0.528. The number of carbonyl (C=O) groups is 2. The van der Waals surface area contributed by atoms with Crippen molar-refractivity contribution in [1.29, 1.82) is 0 Å². The van der Waals surface area contributed by atoms with Crippen LogP contribution in [0.25, 0.3) is 0 Å². The van der Waals surface area contributed by atoms with Crippen LogP contribution >= 0.6 is 0 Å². The number of benzene rings is 1. The van der Waals surface area contributed by atoms with Crippen LogP contribution in [0.4, 0.5) is 4.79 Å². The molecule has 0 spiro atoms. The van der Waals surface area contributed by atoms with Gasteiger partial charge in [-0.05, 0) is 12.0 Å². The summed E-state index contributed by atoms with van der Waals surface area (Å²) in [6.07, 6.45) is 1.07. The number of imide groups is 1. The molecule has 0 aromatic heterocycles. The average molecular weight is 235 g/mol. The van der Waals surface area contributed by atoms with Crippen molar-refractivity contribution in [1.82, 2.24) is 16.2 Å². The molecule has 0 bridgehead atoms. The third-order valence-electron chi connectivity index (χ3n) is 2.07. The van der Waals surface area contributed by atoms with Gasteiger partial charge in [0.05, 0.1) is 0 Å². The maximum atomic E-state index is 11.2. The molecule has 1 rings (SSSR count). The van der Waals surface area contributed by atoms with E-state index in [2.05, 4.69) is 16.2 Å². The summed E-state index contributed by atoms with van der Waals surface area (Å²) in [6, 6.07) is 9.11. The molecule has 0 fully saturated rings. The lowest BCUT2D eigenvalue weighted by atomic mass is 10.2. The lowest BCUT2D eigenvalue weighted by Crippen LogP contribution is -2.45. The summed E-state index contributed by atoms with van der Waals surface area (Å²) in [5.74, 6) is -0.272. The van der Waals surface area contributed by atoms with Gasteiger partial charge < -0.3 is 0 Å². The lowest BCUT2D eigenvalue weighted by molar-refractivity contribution is -0.120. The molecule has 0 aliphatic heterocycles. The van der Waals surface area contributed by atoms with E-state index in [4.69, 9.17) is 0 Å². The molecular formula is C12H17N3O2. The van der Waals surface area contributed by atoms with E-state index < -0.39 is 6.03 Å². The second kappa shape index (κ2) is 7.40. The number of urea groups is 1. The molecule has 5 heteroatoms. The Bertz CT molecular complexity index is 365. The number of carbonyl (C=O) groups excluding carboxylic acids is 2. The largest absolute Gasteiger partial charge is 0.335 e. The predicted octanol–water partition coefficient (Wildman–Crippen LogP) is 1.32. The molecule has 0 aliphatic rings. The van der Waals surface area contributed by atoms with Gasteiger partial charge in [-0.25, -0.2) is 10.2 Å². The Kier molecular flexibility index (Phi) is 5.74. The van der Waals surface area contributed by atoms with Crippen LogP contribution < -0.4 is 16.2 Å². The summed E-state index contributed by atoms with van der Waals surface area (Å²) in [5.41, 5.74) is 6.18. The summed E-state index contributed by atoms with van der Waals surface area (Å²) in [5, 5.41) is 2.22. The molecule has 0 aliphatic carbocycles. The molecular weight excluding hydrogens is 218 g/mol. The van der Waals surface area contributed by atoms with Crippen LogP contribution in [0.1, 0.15) is 25.3 Å². The summed E-state index contributed by atoms with van der Waals surface area (Å²) in [4.78, 5) is 22.3. The van der Waals surface area contributed by atoms with Gasteiger partial charge in [0.2, 0.25) is 5.91 Å². The van der Waals surface area contributed by atoms with Crippen molar-refractivity contribution in [3.05, 3.63) is 35.9 Å². The van der Waals surface area contributed by atoms with Crippen LogP contribution in [0.3, 0.4) is 0 Å². The van der Waals surface area contributed by atoms with Gasteiger partial charge in [-0.15, -0.1) is 0 Å². The second-order valence-corrected chi connectivity index (χ2v) is 3.59. The molecule has 1 aromatic carbocycles. The Morgan fingerprint density at radius 1 is 1.18 bits per heavy atom. The highest BCUT2D eigenvalue weighted by molar-refractivity contribution is 5.93. The van der Waals surface area contributed by atoms with E-state index in [1.54, 1.807) is 0 Å². The van der Waals surface area contributed by atoms with Gasteiger partial charge in [-0.3, -0.25) is 15.5 Å². The number of hydrogen-bond acceptors (Lipinski definition) is 3. The van der Waals surface area contributed by atoms with E-state index in [1.165, 1.54) is 0 Å². The van der Waals surface area contributed by atoms with E-state index in [9.17, 15) is 9.59 Å². The van der Waals surface area contributed by atoms with Crippen molar-refractivity contribution < 1.29 is 9.59 Å². The molecule has 5 nitrogen and oxygen atoms in total. The standard InChI is InChI=1S/C12H17N3O2/c1-2-6-11(16)14-12(17)15-13-9-10-7-4-3-5-8-10/h3-5,7-8,13H,2,6,9H2,1H3,(H2,14,15,16,17). The number of rotatable bonds is 5. The highest BCUT2D eigenvalue weighted by Crippen LogP contribution is 1.95. The van der Waals surface area contributed by atoms with Crippen molar-refractivity contribution in [3.8, 4) is 0 Å². The van der Waals surface area contributed by atoms with Gasteiger partial charge in [0.25, 0.3) is 0 Å². The van der Waals surface area contributed by atoms with Crippen LogP contribution in [-0.4, -0.2) is 11.9 Å². The SMILES string of the molecule is CCCC(=O)NC(=O)NNCc1ccccc1. The monoisotopic (exact) mass is 235 g/mol. The fourth-order valence-corrected chi connectivity index (χ4v) is 1.27. The quantitative estimate of drug-likeness (QED) is 0.674. The molecule has 17 heavy (non-hydrogen) atoms. The summed E-state index contributed by atoms with van der Waals surface area (Å²) in [6.45, 7) is 2.39. The van der Waals surface area contributed by atoms with Crippen LogP contribution in [-0.2, 0) is 11.3 Å². The molecule has 0 radical (unpaired) electrons. The van der Waals surface area contributed by atoms with Crippen molar-refractivity contribution in [3.63, 3.8) is 0 Å². The zero-order valence-corrected chi connectivity index (χ0v) is 9.82. The van der Waals surface area contributed by atoms with E-state index >= 15 is 0 Å². The Morgan fingerprint density at radius 2 is 1.88 bits per heavy atom. The van der Waals surface area contributed by atoms with Gasteiger partial charge in [0.1, 0.15) is 0 Å². The van der Waals surface area contributed by atoms with Crippen LogP contribution in [0.15, 0.2) is 30.3 Å². The fraction of sp³-hybridized carbons (Fsp3) is 0.333. The first-order valence-electron chi connectivity index (χ1n) is 5.59. The first-order chi connectivity index (χ1) is 8.22. The molecule has 0 saturated carbocycles. The van der Waals surface area contributed by atoms with E-state index in [-0.39, 0.29) is 5.91 Å². The van der Waals surface area contributed by atoms with Crippen LogP contribution in [0, 0.1) is 0 Å². The number of hydrazine groups is 1. The minimum absolute atomic E-state index is 0.272. The maximum absolute atomic E-state index is 11.2.